The number of nitrogens with zero attached hydrogens (tertiary/aromatic N) is 1. The summed E-state index contributed by atoms with van der Waals surface area (Å²) in [6.45, 7) is 6.09. The first-order chi connectivity index (χ1) is 14.8. The molecule has 1 aliphatic carbocycles. The molecule has 6 heteroatoms. The van der Waals surface area contributed by atoms with Crippen LogP contribution in [0.3, 0.4) is 0 Å². The van der Waals surface area contributed by atoms with Crippen LogP contribution in [0, 0.1) is 5.41 Å². The smallest absolute Gasteiger partial charge is 0.254 e. The van der Waals surface area contributed by atoms with Gasteiger partial charge in [0.1, 0.15) is 5.75 Å². The van der Waals surface area contributed by atoms with E-state index in [0.717, 1.165) is 29.1 Å². The number of aromatic nitrogens is 1. The molecule has 0 radical (unpaired) electrons. The number of Topliss-reactive ketones (excluding diaryl/α,β-unsaturated/α-hetero) is 1. The predicted octanol–water partition coefficient (Wildman–Crippen LogP) is 4.33. The number of ketones is 1. The van der Waals surface area contributed by atoms with Crippen LogP contribution in [-0.4, -0.2) is 23.8 Å². The zero-order valence-corrected chi connectivity index (χ0v) is 18.3. The third-order valence-corrected chi connectivity index (χ3v) is 5.85. The zero-order valence-electron chi connectivity index (χ0n) is 18.3. The van der Waals surface area contributed by atoms with Crippen LogP contribution in [0.15, 0.2) is 71.3 Å². The molecule has 2 aliphatic rings. The summed E-state index contributed by atoms with van der Waals surface area (Å²) in [5.74, 6) is 0.120. The average Bonchev–Trinajstić information content (AvgIpc) is 2.72. The van der Waals surface area contributed by atoms with Crippen LogP contribution >= 0.6 is 0 Å². The molecule has 1 aromatic heterocycles. The Balaban J connectivity index is 1.80. The summed E-state index contributed by atoms with van der Waals surface area (Å²) in [4.78, 5) is 30.8. The number of nitrogens with one attached hydrogen (secondary N) is 2. The Hall–Kier alpha value is -3.41. The summed E-state index contributed by atoms with van der Waals surface area (Å²) < 4.78 is 5.30. The summed E-state index contributed by atoms with van der Waals surface area (Å²) in [5, 5.41) is 6.31. The molecule has 1 aromatic carbocycles. The highest BCUT2D eigenvalue weighted by Gasteiger charge is 2.42. The minimum atomic E-state index is -0.442. The van der Waals surface area contributed by atoms with Crippen LogP contribution in [0.5, 0.6) is 5.75 Å². The van der Waals surface area contributed by atoms with Crippen LogP contribution < -0.4 is 15.4 Å². The first-order valence-electron chi connectivity index (χ1n) is 10.4. The van der Waals surface area contributed by atoms with Gasteiger partial charge < -0.3 is 15.4 Å². The molecule has 4 rings (SSSR count). The molecule has 2 heterocycles. The molecule has 0 bridgehead atoms. The number of anilines is 1. The zero-order chi connectivity index (χ0) is 22.2. The van der Waals surface area contributed by atoms with Gasteiger partial charge in [-0.25, -0.2) is 0 Å². The minimum Gasteiger partial charge on any atom is -0.497 e. The fraction of sp³-hybridized carbons (Fsp3) is 0.320. The van der Waals surface area contributed by atoms with E-state index in [1.165, 1.54) is 0 Å². The number of hydrogen-bond acceptors (Lipinski definition) is 5. The molecule has 1 atom stereocenters. The van der Waals surface area contributed by atoms with Crippen molar-refractivity contribution in [2.75, 3.05) is 12.4 Å². The molecule has 0 spiro atoms. The highest BCUT2D eigenvalue weighted by molar-refractivity contribution is 6.09. The van der Waals surface area contributed by atoms with Gasteiger partial charge in [0.05, 0.1) is 19.0 Å². The molecule has 6 nitrogen and oxygen atoms in total. The van der Waals surface area contributed by atoms with Gasteiger partial charge in [0, 0.05) is 41.1 Å². The molecular formula is C25H27N3O3. The molecule has 2 N–H and O–H groups in total. The van der Waals surface area contributed by atoms with E-state index in [4.69, 9.17) is 4.74 Å². The molecule has 31 heavy (non-hydrogen) atoms. The number of allylic oxidation sites excluding steroid dienone is 3. The maximum absolute atomic E-state index is 13.4. The molecule has 1 amide bonds. The number of rotatable bonds is 4. The second-order valence-corrected chi connectivity index (χ2v) is 8.90. The van der Waals surface area contributed by atoms with Crippen molar-refractivity contribution >= 4 is 17.4 Å². The second-order valence-electron chi connectivity index (χ2n) is 8.90. The monoisotopic (exact) mass is 417 g/mol. The van der Waals surface area contributed by atoms with E-state index < -0.39 is 5.92 Å². The van der Waals surface area contributed by atoms with Gasteiger partial charge in [-0.2, -0.15) is 0 Å². The van der Waals surface area contributed by atoms with E-state index in [9.17, 15) is 9.59 Å². The highest BCUT2D eigenvalue weighted by Crippen LogP contribution is 2.46. The van der Waals surface area contributed by atoms with Gasteiger partial charge in [-0.05, 0) is 48.6 Å². The Kier molecular flexibility index (Phi) is 5.39. The van der Waals surface area contributed by atoms with Crippen LogP contribution in [0.25, 0.3) is 0 Å². The first kappa shape index (κ1) is 20.8. The number of amides is 1. The standard InChI is InChI=1S/C25H27N3O3/c1-15-21(24(30)28-17-6-5-11-26-14-17)22(16-7-9-18(31-4)10-8-16)23-19(27-15)12-25(2,3)13-20(23)29/h5-11,14,22,27H,12-13H2,1-4H3,(H,28,30). The van der Waals surface area contributed by atoms with E-state index in [2.05, 4.69) is 29.5 Å². The van der Waals surface area contributed by atoms with Crippen molar-refractivity contribution in [2.24, 2.45) is 5.41 Å². The highest BCUT2D eigenvalue weighted by atomic mass is 16.5. The van der Waals surface area contributed by atoms with E-state index in [0.29, 0.717) is 23.3 Å². The number of benzene rings is 1. The van der Waals surface area contributed by atoms with Crippen LogP contribution in [0.4, 0.5) is 5.69 Å². The molecule has 160 valence electrons. The van der Waals surface area contributed by atoms with Gasteiger partial charge in [-0.3, -0.25) is 14.6 Å². The van der Waals surface area contributed by atoms with Gasteiger partial charge >= 0.3 is 0 Å². The lowest BCUT2D eigenvalue weighted by molar-refractivity contribution is -0.118. The third-order valence-electron chi connectivity index (χ3n) is 5.85. The number of methoxy groups -OCH3 is 1. The average molecular weight is 418 g/mol. The topological polar surface area (TPSA) is 80.3 Å². The fourth-order valence-electron chi connectivity index (χ4n) is 4.50. The van der Waals surface area contributed by atoms with Crippen molar-refractivity contribution in [1.82, 2.24) is 10.3 Å². The van der Waals surface area contributed by atoms with Crippen molar-refractivity contribution < 1.29 is 14.3 Å². The number of pyridine rings is 1. The Bertz CT molecular complexity index is 1080. The summed E-state index contributed by atoms with van der Waals surface area (Å²) in [5.41, 5.74) is 4.27. The number of ether oxygens (including phenoxy) is 1. The van der Waals surface area contributed by atoms with Gasteiger partial charge in [0.15, 0.2) is 5.78 Å². The van der Waals surface area contributed by atoms with Gasteiger partial charge in [-0.15, -0.1) is 0 Å². The van der Waals surface area contributed by atoms with Crippen molar-refractivity contribution in [1.29, 1.82) is 0 Å². The molecule has 1 unspecified atom stereocenters. The third kappa shape index (κ3) is 4.10. The Morgan fingerprint density at radius 2 is 1.94 bits per heavy atom. The Morgan fingerprint density at radius 1 is 1.19 bits per heavy atom. The molecule has 2 aromatic rings. The van der Waals surface area contributed by atoms with E-state index in [1.807, 2.05) is 31.2 Å². The number of carbonyl (C=O) groups excluding carboxylic acids is 2. The minimum absolute atomic E-state index is 0.0822. The van der Waals surface area contributed by atoms with Gasteiger partial charge in [0.25, 0.3) is 5.91 Å². The largest absolute Gasteiger partial charge is 0.497 e. The summed E-state index contributed by atoms with van der Waals surface area (Å²) in [6.07, 6.45) is 4.47. The predicted molar refractivity (Wildman–Crippen MR) is 119 cm³/mol. The second kappa shape index (κ2) is 8.02. The van der Waals surface area contributed by atoms with Crippen molar-refractivity contribution in [3.05, 3.63) is 76.9 Å². The summed E-state index contributed by atoms with van der Waals surface area (Å²) in [7, 11) is 1.61. The van der Waals surface area contributed by atoms with Crippen molar-refractivity contribution in [3.8, 4) is 5.75 Å². The van der Waals surface area contributed by atoms with E-state index in [-0.39, 0.29) is 17.1 Å². The molecule has 0 fully saturated rings. The maximum atomic E-state index is 13.4. The van der Waals surface area contributed by atoms with E-state index in [1.54, 1.807) is 31.6 Å². The molecule has 0 saturated carbocycles. The number of carbonyl (C=O) groups is 2. The normalized spacial score (nSPS) is 20.1. The van der Waals surface area contributed by atoms with Crippen LogP contribution in [-0.2, 0) is 9.59 Å². The quantitative estimate of drug-likeness (QED) is 0.774. The molecule has 0 saturated heterocycles. The van der Waals surface area contributed by atoms with Crippen LogP contribution in [0.2, 0.25) is 0 Å². The lowest BCUT2D eigenvalue weighted by atomic mass is 9.68. The fourth-order valence-corrected chi connectivity index (χ4v) is 4.50. The van der Waals surface area contributed by atoms with E-state index >= 15 is 0 Å². The molecule has 1 aliphatic heterocycles. The number of hydrogen-bond donors (Lipinski definition) is 2. The summed E-state index contributed by atoms with van der Waals surface area (Å²) in [6, 6.07) is 11.1. The van der Waals surface area contributed by atoms with Crippen LogP contribution in [0.1, 0.15) is 45.1 Å². The Labute approximate surface area is 182 Å². The lowest BCUT2D eigenvalue weighted by Crippen LogP contribution is -2.39. The lowest BCUT2D eigenvalue weighted by Gasteiger charge is -2.39. The van der Waals surface area contributed by atoms with Gasteiger partial charge in [0.2, 0.25) is 0 Å². The Morgan fingerprint density at radius 3 is 2.58 bits per heavy atom. The number of dihydropyridines is 1. The first-order valence-corrected chi connectivity index (χ1v) is 10.4. The van der Waals surface area contributed by atoms with Gasteiger partial charge in [-0.1, -0.05) is 26.0 Å². The summed E-state index contributed by atoms with van der Waals surface area (Å²) >= 11 is 0. The van der Waals surface area contributed by atoms with Crippen molar-refractivity contribution in [3.63, 3.8) is 0 Å². The van der Waals surface area contributed by atoms with Crippen molar-refractivity contribution in [2.45, 2.75) is 39.5 Å². The SMILES string of the molecule is COc1ccc(C2C(C(=O)Nc3cccnc3)=C(C)NC3=C2C(=O)CC(C)(C)C3)cc1. The maximum Gasteiger partial charge on any atom is 0.254 e. The molecular weight excluding hydrogens is 390 g/mol.